The summed E-state index contributed by atoms with van der Waals surface area (Å²) in [4.78, 5) is 0. The summed E-state index contributed by atoms with van der Waals surface area (Å²) in [5, 5.41) is 0. The van der Waals surface area contributed by atoms with Crippen molar-refractivity contribution in [3.63, 3.8) is 0 Å². The van der Waals surface area contributed by atoms with E-state index >= 15 is 0 Å². The maximum atomic E-state index is 2.31. The second kappa shape index (κ2) is 5.31. The molecule has 0 heterocycles. The summed E-state index contributed by atoms with van der Waals surface area (Å²) in [6, 6.07) is 26.0. The molecule has 22 heavy (non-hydrogen) atoms. The molecule has 0 fully saturated rings. The molecule has 0 N–H and O–H groups in total. The van der Waals surface area contributed by atoms with E-state index < -0.39 is 0 Å². The zero-order chi connectivity index (χ0) is 14.9. The molecular formula is C22H18. The lowest BCUT2D eigenvalue weighted by molar-refractivity contribution is 1.20. The summed E-state index contributed by atoms with van der Waals surface area (Å²) in [6.45, 7) is 2.22. The average molecular weight is 282 g/mol. The summed E-state index contributed by atoms with van der Waals surface area (Å²) in [7, 11) is 0. The summed E-state index contributed by atoms with van der Waals surface area (Å²) in [6.07, 6.45) is 3.37. The third-order valence-electron chi connectivity index (χ3n) is 4.37. The Kier molecular flexibility index (Phi) is 3.16. The van der Waals surface area contributed by atoms with Gasteiger partial charge in [-0.3, -0.25) is 0 Å². The number of benzene rings is 3. The van der Waals surface area contributed by atoms with Crippen molar-refractivity contribution in [3.05, 3.63) is 89.5 Å². The van der Waals surface area contributed by atoms with E-state index in [1.165, 1.54) is 39.0 Å². The van der Waals surface area contributed by atoms with Gasteiger partial charge in [-0.25, -0.2) is 0 Å². The first kappa shape index (κ1) is 13.1. The second-order valence-electron chi connectivity index (χ2n) is 5.95. The van der Waals surface area contributed by atoms with E-state index in [0.29, 0.717) is 0 Å². The van der Waals surface area contributed by atoms with Crippen molar-refractivity contribution in [1.29, 1.82) is 0 Å². The molecule has 0 radical (unpaired) electrons. The molecule has 1 aliphatic carbocycles. The minimum atomic E-state index is 1.06. The standard InChI is InChI=1S/C22H18/c1-16-14-18-10-7-13-21(22(18)15-16)20-12-6-5-11-19(20)17-8-3-2-4-9-17/h2-14H,15H2,1H3. The number of rotatable bonds is 2. The zero-order valence-corrected chi connectivity index (χ0v) is 12.7. The van der Waals surface area contributed by atoms with E-state index in [1.54, 1.807) is 0 Å². The molecule has 1 aliphatic rings. The van der Waals surface area contributed by atoms with Crippen LogP contribution in [0.5, 0.6) is 0 Å². The smallest absolute Gasteiger partial charge is 0.00544 e. The van der Waals surface area contributed by atoms with Crippen LogP contribution in [0.3, 0.4) is 0 Å². The number of fused-ring (bicyclic) bond motifs is 1. The average Bonchev–Trinajstić information content (AvgIpc) is 2.96. The first-order chi connectivity index (χ1) is 10.8. The molecule has 0 bridgehead atoms. The molecule has 106 valence electrons. The molecule has 0 unspecified atom stereocenters. The van der Waals surface area contributed by atoms with E-state index in [2.05, 4.69) is 85.8 Å². The predicted molar refractivity (Wildman–Crippen MR) is 94.7 cm³/mol. The Morgan fingerprint density at radius 1 is 0.636 bits per heavy atom. The van der Waals surface area contributed by atoms with Crippen LogP contribution >= 0.6 is 0 Å². The minimum absolute atomic E-state index is 1.06. The van der Waals surface area contributed by atoms with Gasteiger partial charge >= 0.3 is 0 Å². The van der Waals surface area contributed by atoms with Crippen LogP contribution in [0.15, 0.2) is 78.4 Å². The normalized spacial score (nSPS) is 12.9. The third kappa shape index (κ3) is 2.17. The molecule has 0 spiro atoms. The van der Waals surface area contributed by atoms with Gasteiger partial charge in [0.05, 0.1) is 0 Å². The maximum Gasteiger partial charge on any atom is -0.00544 e. The van der Waals surface area contributed by atoms with Crippen LogP contribution in [0.4, 0.5) is 0 Å². The first-order valence-corrected chi connectivity index (χ1v) is 7.77. The molecule has 0 saturated carbocycles. The lowest BCUT2D eigenvalue weighted by Crippen LogP contribution is -1.92. The van der Waals surface area contributed by atoms with Crippen molar-refractivity contribution in [2.75, 3.05) is 0 Å². The Hall–Kier alpha value is -2.60. The predicted octanol–water partition coefficient (Wildman–Crippen LogP) is 5.98. The Bertz CT molecular complexity index is 854. The zero-order valence-electron chi connectivity index (χ0n) is 12.7. The van der Waals surface area contributed by atoms with Crippen LogP contribution in [0.1, 0.15) is 18.1 Å². The molecule has 0 heteroatoms. The third-order valence-corrected chi connectivity index (χ3v) is 4.37. The molecule has 0 nitrogen and oxygen atoms in total. The van der Waals surface area contributed by atoms with E-state index in [4.69, 9.17) is 0 Å². The van der Waals surface area contributed by atoms with Crippen molar-refractivity contribution in [3.8, 4) is 22.3 Å². The van der Waals surface area contributed by atoms with Crippen LogP contribution in [0.25, 0.3) is 28.3 Å². The molecule has 4 rings (SSSR count). The highest BCUT2D eigenvalue weighted by Gasteiger charge is 2.16. The molecule has 0 aromatic heterocycles. The molecular weight excluding hydrogens is 264 g/mol. The monoisotopic (exact) mass is 282 g/mol. The Balaban J connectivity index is 1.92. The van der Waals surface area contributed by atoms with E-state index in [1.807, 2.05) is 0 Å². The van der Waals surface area contributed by atoms with Gasteiger partial charge < -0.3 is 0 Å². The quantitative estimate of drug-likeness (QED) is 0.542. The van der Waals surface area contributed by atoms with Gasteiger partial charge in [-0.2, -0.15) is 0 Å². The lowest BCUT2D eigenvalue weighted by atomic mass is 9.90. The number of hydrogen-bond donors (Lipinski definition) is 0. The SMILES string of the molecule is CC1=Cc2cccc(-c3ccccc3-c3ccccc3)c2C1. The fraction of sp³-hybridized carbons (Fsp3) is 0.0909. The van der Waals surface area contributed by atoms with Gasteiger partial charge in [0.2, 0.25) is 0 Å². The van der Waals surface area contributed by atoms with Gasteiger partial charge in [-0.15, -0.1) is 0 Å². The molecule has 0 aliphatic heterocycles. The topological polar surface area (TPSA) is 0 Å². The highest BCUT2D eigenvalue weighted by atomic mass is 14.2. The largest absolute Gasteiger partial charge is 0.0683 e. The highest BCUT2D eigenvalue weighted by Crippen LogP contribution is 2.38. The number of hydrogen-bond acceptors (Lipinski definition) is 0. The maximum absolute atomic E-state index is 2.31. The van der Waals surface area contributed by atoms with Gasteiger partial charge in [-0.05, 0) is 46.7 Å². The fourth-order valence-corrected chi connectivity index (χ4v) is 3.37. The van der Waals surface area contributed by atoms with Gasteiger partial charge in [0.15, 0.2) is 0 Å². The van der Waals surface area contributed by atoms with Gasteiger partial charge in [0, 0.05) is 0 Å². The van der Waals surface area contributed by atoms with Crippen molar-refractivity contribution >= 4 is 6.08 Å². The van der Waals surface area contributed by atoms with Crippen molar-refractivity contribution in [1.82, 2.24) is 0 Å². The Morgan fingerprint density at radius 2 is 1.32 bits per heavy atom. The van der Waals surface area contributed by atoms with Gasteiger partial charge in [0.25, 0.3) is 0 Å². The van der Waals surface area contributed by atoms with Crippen molar-refractivity contribution in [2.45, 2.75) is 13.3 Å². The van der Waals surface area contributed by atoms with Crippen LogP contribution in [-0.4, -0.2) is 0 Å². The van der Waals surface area contributed by atoms with E-state index in [9.17, 15) is 0 Å². The molecule has 0 atom stereocenters. The highest BCUT2D eigenvalue weighted by molar-refractivity contribution is 5.87. The van der Waals surface area contributed by atoms with Crippen molar-refractivity contribution < 1.29 is 0 Å². The Labute approximate surface area is 131 Å². The number of allylic oxidation sites excluding steroid dienone is 1. The van der Waals surface area contributed by atoms with Crippen LogP contribution in [0, 0.1) is 0 Å². The fourth-order valence-electron chi connectivity index (χ4n) is 3.37. The first-order valence-electron chi connectivity index (χ1n) is 7.77. The molecule has 0 amide bonds. The molecule has 3 aromatic rings. The van der Waals surface area contributed by atoms with E-state index in [-0.39, 0.29) is 0 Å². The summed E-state index contributed by atoms with van der Waals surface area (Å²) in [5.41, 5.74) is 9.55. The van der Waals surface area contributed by atoms with Crippen molar-refractivity contribution in [2.24, 2.45) is 0 Å². The van der Waals surface area contributed by atoms with Gasteiger partial charge in [0.1, 0.15) is 0 Å². The minimum Gasteiger partial charge on any atom is -0.0683 e. The molecule has 0 saturated heterocycles. The van der Waals surface area contributed by atoms with Crippen LogP contribution in [0.2, 0.25) is 0 Å². The van der Waals surface area contributed by atoms with Crippen LogP contribution in [-0.2, 0) is 6.42 Å². The van der Waals surface area contributed by atoms with Gasteiger partial charge in [-0.1, -0.05) is 84.4 Å². The lowest BCUT2D eigenvalue weighted by Gasteiger charge is -2.14. The Morgan fingerprint density at radius 3 is 2.14 bits per heavy atom. The summed E-state index contributed by atoms with van der Waals surface area (Å²) >= 11 is 0. The summed E-state index contributed by atoms with van der Waals surface area (Å²) < 4.78 is 0. The van der Waals surface area contributed by atoms with Crippen LogP contribution < -0.4 is 0 Å². The van der Waals surface area contributed by atoms with E-state index in [0.717, 1.165) is 6.42 Å². The molecule has 3 aromatic carbocycles. The second-order valence-corrected chi connectivity index (χ2v) is 5.95. The summed E-state index contributed by atoms with van der Waals surface area (Å²) in [5.74, 6) is 0.